The Morgan fingerprint density at radius 1 is 1.11 bits per heavy atom. The molecule has 0 bridgehead atoms. The monoisotopic (exact) mass is 416 g/mol. The minimum absolute atomic E-state index is 0.205. The second-order valence-electron chi connectivity index (χ2n) is 5.87. The van der Waals surface area contributed by atoms with Crippen molar-refractivity contribution in [2.24, 2.45) is 0 Å². The van der Waals surface area contributed by atoms with Gasteiger partial charge in [0.15, 0.2) is 0 Å². The van der Waals surface area contributed by atoms with Crippen molar-refractivity contribution in [2.75, 3.05) is 22.4 Å². The van der Waals surface area contributed by atoms with Crippen LogP contribution in [0.3, 0.4) is 0 Å². The number of hydrogen-bond acceptors (Lipinski definition) is 4. The van der Waals surface area contributed by atoms with Gasteiger partial charge in [-0.3, -0.25) is 9.10 Å². The number of benzene rings is 2. The van der Waals surface area contributed by atoms with Crippen LogP contribution in [0.25, 0.3) is 0 Å². The first-order valence-electron chi connectivity index (χ1n) is 8.21. The fraction of sp³-hybridized carbons (Fsp3) is 0.278. The number of aryl methyl sites for hydroxylation is 1. The van der Waals surface area contributed by atoms with Gasteiger partial charge in [0, 0.05) is 5.69 Å². The summed E-state index contributed by atoms with van der Waals surface area (Å²) in [5.41, 5.74) is 1.36. The highest BCUT2D eigenvalue weighted by molar-refractivity contribution is 7.92. The second kappa shape index (κ2) is 8.51. The normalized spacial score (nSPS) is 11.8. The van der Waals surface area contributed by atoms with E-state index in [0.29, 0.717) is 12.1 Å². The van der Waals surface area contributed by atoms with Gasteiger partial charge >= 0.3 is 6.36 Å². The first-order chi connectivity index (χ1) is 13.0. The molecule has 0 fully saturated rings. The molecule has 0 saturated carbocycles. The van der Waals surface area contributed by atoms with Crippen LogP contribution < -0.4 is 14.4 Å². The highest BCUT2D eigenvalue weighted by Crippen LogP contribution is 2.25. The quantitative estimate of drug-likeness (QED) is 0.749. The van der Waals surface area contributed by atoms with E-state index >= 15 is 0 Å². The summed E-state index contributed by atoms with van der Waals surface area (Å²) in [4.78, 5) is 12.3. The molecule has 2 aromatic rings. The fourth-order valence-corrected chi connectivity index (χ4v) is 3.39. The molecule has 0 aromatic heterocycles. The molecule has 0 unspecified atom stereocenters. The van der Waals surface area contributed by atoms with E-state index < -0.39 is 34.6 Å². The van der Waals surface area contributed by atoms with Crippen LogP contribution in [0.4, 0.5) is 24.5 Å². The molecule has 0 aliphatic rings. The number of ether oxygens (including phenoxy) is 1. The number of para-hydroxylation sites is 1. The predicted octanol–water partition coefficient (Wildman–Crippen LogP) is 3.55. The lowest BCUT2D eigenvalue weighted by atomic mass is 10.1. The zero-order valence-corrected chi connectivity index (χ0v) is 16.0. The average Bonchev–Trinajstić information content (AvgIpc) is 2.59. The van der Waals surface area contributed by atoms with Gasteiger partial charge in [-0.15, -0.1) is 13.2 Å². The maximum absolute atomic E-state index is 12.3. The number of anilines is 2. The molecule has 28 heavy (non-hydrogen) atoms. The maximum atomic E-state index is 12.3. The summed E-state index contributed by atoms with van der Waals surface area (Å²) >= 11 is 0. The SMILES string of the molecule is CCc1ccccc1N(CC(=O)Nc1ccc(OC(F)(F)F)cc1)S(C)(=O)=O. The van der Waals surface area contributed by atoms with E-state index in [2.05, 4.69) is 10.1 Å². The molecule has 0 aliphatic carbocycles. The number of amides is 1. The van der Waals surface area contributed by atoms with Crippen molar-refractivity contribution in [3.8, 4) is 5.75 Å². The minimum Gasteiger partial charge on any atom is -0.406 e. The summed E-state index contributed by atoms with van der Waals surface area (Å²) in [6.07, 6.45) is -3.24. The topological polar surface area (TPSA) is 75.7 Å². The van der Waals surface area contributed by atoms with E-state index in [9.17, 15) is 26.4 Å². The molecule has 6 nitrogen and oxygen atoms in total. The van der Waals surface area contributed by atoms with Crippen molar-refractivity contribution in [3.05, 3.63) is 54.1 Å². The van der Waals surface area contributed by atoms with Gasteiger partial charge in [-0.05, 0) is 42.3 Å². The standard InChI is InChI=1S/C18H19F3N2O4S/c1-3-13-6-4-5-7-16(13)23(28(2,25)26)12-17(24)22-14-8-10-15(11-9-14)27-18(19,20)21/h4-11H,3,12H2,1-2H3,(H,22,24). The van der Waals surface area contributed by atoms with Crippen LogP contribution in [0.5, 0.6) is 5.75 Å². The third kappa shape index (κ3) is 6.15. The Bertz CT molecular complexity index is 929. The largest absolute Gasteiger partial charge is 0.573 e. The number of carbonyl (C=O) groups is 1. The molecular formula is C18H19F3N2O4S. The van der Waals surface area contributed by atoms with Crippen molar-refractivity contribution in [2.45, 2.75) is 19.7 Å². The van der Waals surface area contributed by atoms with Gasteiger partial charge in [0.25, 0.3) is 0 Å². The van der Waals surface area contributed by atoms with E-state index in [1.165, 1.54) is 12.1 Å². The summed E-state index contributed by atoms with van der Waals surface area (Å²) in [6, 6.07) is 11.4. The van der Waals surface area contributed by atoms with Gasteiger partial charge in [-0.1, -0.05) is 25.1 Å². The number of alkyl halides is 3. The Kier molecular flexibility index (Phi) is 6.55. The lowest BCUT2D eigenvalue weighted by molar-refractivity contribution is -0.274. The predicted molar refractivity (Wildman–Crippen MR) is 99.8 cm³/mol. The van der Waals surface area contributed by atoms with Gasteiger partial charge in [0.05, 0.1) is 11.9 Å². The Labute approximate surface area is 161 Å². The number of sulfonamides is 1. The van der Waals surface area contributed by atoms with Crippen LogP contribution in [0.1, 0.15) is 12.5 Å². The lowest BCUT2D eigenvalue weighted by Gasteiger charge is -2.24. The first kappa shape index (κ1) is 21.5. The zero-order chi connectivity index (χ0) is 20.9. The van der Waals surface area contributed by atoms with E-state index in [1.54, 1.807) is 24.3 Å². The summed E-state index contributed by atoms with van der Waals surface area (Å²) in [7, 11) is -3.74. The number of nitrogens with zero attached hydrogens (tertiary/aromatic N) is 1. The second-order valence-corrected chi connectivity index (χ2v) is 7.78. The molecule has 0 aliphatic heterocycles. The van der Waals surface area contributed by atoms with Crippen molar-refractivity contribution in [3.63, 3.8) is 0 Å². The number of hydrogen-bond donors (Lipinski definition) is 1. The van der Waals surface area contributed by atoms with Crippen molar-refractivity contribution >= 4 is 27.3 Å². The summed E-state index contributed by atoms with van der Waals surface area (Å²) in [5.74, 6) is -1.07. The molecule has 0 saturated heterocycles. The molecule has 0 spiro atoms. The third-order valence-electron chi connectivity index (χ3n) is 3.70. The zero-order valence-electron chi connectivity index (χ0n) is 15.2. The molecule has 1 N–H and O–H groups in total. The lowest BCUT2D eigenvalue weighted by Crippen LogP contribution is -2.38. The van der Waals surface area contributed by atoms with E-state index in [1.807, 2.05) is 6.92 Å². The first-order valence-corrected chi connectivity index (χ1v) is 10.1. The molecule has 152 valence electrons. The number of rotatable bonds is 7. The van der Waals surface area contributed by atoms with Crippen molar-refractivity contribution in [1.29, 1.82) is 0 Å². The molecular weight excluding hydrogens is 397 g/mol. The molecule has 0 radical (unpaired) electrons. The maximum Gasteiger partial charge on any atom is 0.573 e. The van der Waals surface area contributed by atoms with Gasteiger partial charge in [0.2, 0.25) is 15.9 Å². The Morgan fingerprint density at radius 2 is 1.71 bits per heavy atom. The molecule has 0 heterocycles. The highest BCUT2D eigenvalue weighted by Gasteiger charge is 2.31. The van der Waals surface area contributed by atoms with E-state index in [-0.39, 0.29) is 5.69 Å². The Hall–Kier alpha value is -2.75. The van der Waals surface area contributed by atoms with Crippen LogP contribution >= 0.6 is 0 Å². The van der Waals surface area contributed by atoms with Gasteiger partial charge in [-0.2, -0.15) is 0 Å². The molecule has 10 heteroatoms. The van der Waals surface area contributed by atoms with E-state index in [4.69, 9.17) is 0 Å². The number of halogens is 3. The molecule has 2 rings (SSSR count). The van der Waals surface area contributed by atoms with Crippen LogP contribution in [-0.4, -0.2) is 33.5 Å². The van der Waals surface area contributed by atoms with Crippen LogP contribution in [0.2, 0.25) is 0 Å². The molecule has 0 atom stereocenters. The van der Waals surface area contributed by atoms with Crippen molar-refractivity contribution in [1.82, 2.24) is 0 Å². The van der Waals surface area contributed by atoms with Crippen LogP contribution in [0, 0.1) is 0 Å². The minimum atomic E-state index is -4.81. The molecule has 2 aromatic carbocycles. The third-order valence-corrected chi connectivity index (χ3v) is 4.83. The summed E-state index contributed by atoms with van der Waals surface area (Å²) < 4.78 is 65.6. The fourth-order valence-electron chi connectivity index (χ4n) is 2.51. The average molecular weight is 416 g/mol. The Morgan fingerprint density at radius 3 is 2.25 bits per heavy atom. The molecule has 1 amide bonds. The number of carbonyl (C=O) groups excluding carboxylic acids is 1. The van der Waals surface area contributed by atoms with Crippen LogP contribution in [0.15, 0.2) is 48.5 Å². The summed E-state index contributed by atoms with van der Waals surface area (Å²) in [5, 5.41) is 2.46. The van der Waals surface area contributed by atoms with Crippen molar-refractivity contribution < 1.29 is 31.1 Å². The van der Waals surface area contributed by atoms with Gasteiger partial charge < -0.3 is 10.1 Å². The van der Waals surface area contributed by atoms with Gasteiger partial charge in [0.1, 0.15) is 12.3 Å². The van der Waals surface area contributed by atoms with E-state index in [0.717, 1.165) is 28.3 Å². The highest BCUT2D eigenvalue weighted by atomic mass is 32.2. The number of nitrogens with one attached hydrogen (secondary N) is 1. The van der Waals surface area contributed by atoms with Gasteiger partial charge in [-0.25, -0.2) is 8.42 Å². The smallest absolute Gasteiger partial charge is 0.406 e. The Balaban J connectivity index is 2.14. The summed E-state index contributed by atoms with van der Waals surface area (Å²) in [6.45, 7) is 1.39. The van der Waals surface area contributed by atoms with Crippen LogP contribution in [-0.2, 0) is 21.2 Å².